The Hall–Kier alpha value is -2.10. The number of nitrogens with one attached hydrogen (secondary N) is 1. The molecular weight excluding hydrogens is 238 g/mol. The minimum absolute atomic E-state index is 0.109. The van der Waals surface area contributed by atoms with Gasteiger partial charge in [-0.15, -0.1) is 0 Å². The lowest BCUT2D eigenvalue weighted by Gasteiger charge is -2.02. The molecule has 0 aliphatic rings. The van der Waals surface area contributed by atoms with Gasteiger partial charge >= 0.3 is 0 Å². The second-order valence-corrected chi connectivity index (χ2v) is 4.42. The van der Waals surface area contributed by atoms with Gasteiger partial charge in [-0.2, -0.15) is 5.10 Å². The van der Waals surface area contributed by atoms with E-state index in [-0.39, 0.29) is 5.91 Å². The van der Waals surface area contributed by atoms with Crippen molar-refractivity contribution in [3.63, 3.8) is 0 Å². The average Bonchev–Trinajstić information content (AvgIpc) is 2.89. The third kappa shape index (κ3) is 3.95. The van der Waals surface area contributed by atoms with Crippen LogP contribution in [0.25, 0.3) is 11.1 Å². The number of hydrogen-bond acceptors (Lipinski definition) is 2. The van der Waals surface area contributed by atoms with Gasteiger partial charge in [0.05, 0.1) is 6.20 Å². The van der Waals surface area contributed by atoms with Gasteiger partial charge in [0.1, 0.15) is 0 Å². The number of rotatable bonds is 6. The molecule has 0 saturated carbocycles. The van der Waals surface area contributed by atoms with Gasteiger partial charge in [0.25, 0.3) is 0 Å². The Morgan fingerprint density at radius 1 is 1.26 bits per heavy atom. The Morgan fingerprint density at radius 3 is 2.79 bits per heavy atom. The molecule has 1 heterocycles. The molecule has 100 valence electrons. The van der Waals surface area contributed by atoms with Crippen LogP contribution in [0.2, 0.25) is 0 Å². The number of aryl methyl sites for hydroxylation is 1. The van der Waals surface area contributed by atoms with Gasteiger partial charge in [-0.1, -0.05) is 30.3 Å². The Labute approximate surface area is 113 Å². The second kappa shape index (κ2) is 6.73. The molecule has 0 saturated heterocycles. The quantitative estimate of drug-likeness (QED) is 0.864. The van der Waals surface area contributed by atoms with Gasteiger partial charge in [-0.25, -0.2) is 0 Å². The van der Waals surface area contributed by atoms with Gasteiger partial charge in [0, 0.05) is 31.3 Å². The summed E-state index contributed by atoms with van der Waals surface area (Å²) < 4.78 is 1.89. The molecule has 0 radical (unpaired) electrons. The fourth-order valence-corrected chi connectivity index (χ4v) is 1.95. The van der Waals surface area contributed by atoms with E-state index in [0.717, 1.165) is 24.1 Å². The summed E-state index contributed by atoms with van der Waals surface area (Å²) in [6, 6.07) is 10.2. The van der Waals surface area contributed by atoms with Crippen LogP contribution in [0.1, 0.15) is 19.8 Å². The van der Waals surface area contributed by atoms with Crippen molar-refractivity contribution in [3.8, 4) is 11.1 Å². The van der Waals surface area contributed by atoms with E-state index in [4.69, 9.17) is 0 Å². The number of carbonyl (C=O) groups excluding carboxylic acids is 1. The lowest BCUT2D eigenvalue weighted by Crippen LogP contribution is -2.22. The molecule has 19 heavy (non-hydrogen) atoms. The van der Waals surface area contributed by atoms with Crippen molar-refractivity contribution in [2.45, 2.75) is 26.3 Å². The molecule has 0 fully saturated rings. The maximum Gasteiger partial charge on any atom is 0.220 e. The number of aromatic nitrogens is 2. The van der Waals surface area contributed by atoms with Crippen molar-refractivity contribution < 1.29 is 4.79 Å². The number of hydrogen-bond donors (Lipinski definition) is 1. The zero-order chi connectivity index (χ0) is 13.5. The van der Waals surface area contributed by atoms with E-state index < -0.39 is 0 Å². The molecule has 0 bridgehead atoms. The molecule has 0 aliphatic heterocycles. The summed E-state index contributed by atoms with van der Waals surface area (Å²) in [7, 11) is 0. The van der Waals surface area contributed by atoms with E-state index in [9.17, 15) is 4.79 Å². The molecule has 4 nitrogen and oxygen atoms in total. The van der Waals surface area contributed by atoms with Crippen LogP contribution in [-0.2, 0) is 11.3 Å². The maximum atomic E-state index is 11.3. The van der Waals surface area contributed by atoms with E-state index in [2.05, 4.69) is 22.5 Å². The fraction of sp³-hybridized carbons (Fsp3) is 0.333. The van der Waals surface area contributed by atoms with Crippen molar-refractivity contribution in [3.05, 3.63) is 42.7 Å². The largest absolute Gasteiger partial charge is 0.356 e. The molecule has 1 amide bonds. The highest BCUT2D eigenvalue weighted by Crippen LogP contribution is 2.17. The van der Waals surface area contributed by atoms with E-state index in [0.29, 0.717) is 13.0 Å². The van der Waals surface area contributed by atoms with Crippen LogP contribution < -0.4 is 5.32 Å². The summed E-state index contributed by atoms with van der Waals surface area (Å²) in [5.74, 6) is 0.109. The number of benzene rings is 1. The predicted octanol–water partition coefficient (Wildman–Crippen LogP) is 2.47. The van der Waals surface area contributed by atoms with Crippen molar-refractivity contribution in [1.82, 2.24) is 15.1 Å². The van der Waals surface area contributed by atoms with Gasteiger partial charge in [-0.3, -0.25) is 9.48 Å². The van der Waals surface area contributed by atoms with Crippen LogP contribution in [0, 0.1) is 0 Å². The van der Waals surface area contributed by atoms with Crippen molar-refractivity contribution in [2.24, 2.45) is 0 Å². The molecule has 0 atom stereocenters. The highest BCUT2D eigenvalue weighted by atomic mass is 16.1. The third-order valence-corrected chi connectivity index (χ3v) is 2.91. The first-order chi connectivity index (χ1) is 9.29. The number of nitrogens with zero attached hydrogens (tertiary/aromatic N) is 2. The van der Waals surface area contributed by atoms with Crippen LogP contribution in [0.15, 0.2) is 42.7 Å². The zero-order valence-electron chi connectivity index (χ0n) is 11.2. The van der Waals surface area contributed by atoms with Gasteiger partial charge < -0.3 is 5.32 Å². The SMILES string of the molecule is CCNC(=O)CCCn1cc(-c2ccccc2)cn1. The molecule has 0 aliphatic carbocycles. The van der Waals surface area contributed by atoms with E-state index >= 15 is 0 Å². The van der Waals surface area contributed by atoms with Crippen LogP contribution in [0.5, 0.6) is 0 Å². The lowest BCUT2D eigenvalue weighted by molar-refractivity contribution is -0.121. The van der Waals surface area contributed by atoms with Gasteiger partial charge in [-0.05, 0) is 18.9 Å². The minimum Gasteiger partial charge on any atom is -0.356 e. The Balaban J connectivity index is 1.86. The van der Waals surface area contributed by atoms with Crippen LogP contribution in [0.3, 0.4) is 0 Å². The van der Waals surface area contributed by atoms with Crippen molar-refractivity contribution in [2.75, 3.05) is 6.54 Å². The maximum absolute atomic E-state index is 11.3. The van der Waals surface area contributed by atoms with Gasteiger partial charge in [0.2, 0.25) is 5.91 Å². The first kappa shape index (κ1) is 13.3. The topological polar surface area (TPSA) is 46.9 Å². The zero-order valence-corrected chi connectivity index (χ0v) is 11.2. The minimum atomic E-state index is 0.109. The number of amides is 1. The summed E-state index contributed by atoms with van der Waals surface area (Å²) in [5, 5.41) is 7.11. The monoisotopic (exact) mass is 257 g/mol. The van der Waals surface area contributed by atoms with E-state index in [1.165, 1.54) is 0 Å². The molecule has 2 aromatic rings. The summed E-state index contributed by atoms with van der Waals surface area (Å²) in [6.45, 7) is 3.39. The smallest absolute Gasteiger partial charge is 0.220 e. The fourth-order valence-electron chi connectivity index (χ4n) is 1.95. The summed E-state index contributed by atoms with van der Waals surface area (Å²) in [4.78, 5) is 11.3. The Bertz CT molecular complexity index is 519. The van der Waals surface area contributed by atoms with Crippen molar-refractivity contribution in [1.29, 1.82) is 0 Å². The van der Waals surface area contributed by atoms with E-state index in [1.807, 2.05) is 42.2 Å². The summed E-state index contributed by atoms with van der Waals surface area (Å²) in [5.41, 5.74) is 2.27. The standard InChI is InChI=1S/C15H19N3O/c1-2-16-15(19)9-6-10-18-12-14(11-17-18)13-7-4-3-5-8-13/h3-5,7-8,11-12H,2,6,9-10H2,1H3,(H,16,19). The highest BCUT2D eigenvalue weighted by Gasteiger charge is 2.03. The average molecular weight is 257 g/mol. The Morgan fingerprint density at radius 2 is 2.05 bits per heavy atom. The van der Waals surface area contributed by atoms with Crippen LogP contribution in [0.4, 0.5) is 0 Å². The van der Waals surface area contributed by atoms with Gasteiger partial charge in [0.15, 0.2) is 0 Å². The third-order valence-electron chi connectivity index (χ3n) is 2.91. The summed E-state index contributed by atoms with van der Waals surface area (Å²) in [6.07, 6.45) is 5.24. The van der Waals surface area contributed by atoms with Crippen molar-refractivity contribution >= 4 is 5.91 Å². The summed E-state index contributed by atoms with van der Waals surface area (Å²) >= 11 is 0. The first-order valence-corrected chi connectivity index (χ1v) is 6.64. The first-order valence-electron chi connectivity index (χ1n) is 6.64. The van der Waals surface area contributed by atoms with E-state index in [1.54, 1.807) is 0 Å². The second-order valence-electron chi connectivity index (χ2n) is 4.42. The molecule has 0 spiro atoms. The molecular formula is C15H19N3O. The normalized spacial score (nSPS) is 10.4. The molecule has 1 aromatic heterocycles. The van der Waals surface area contributed by atoms with Crippen LogP contribution >= 0.6 is 0 Å². The molecule has 4 heteroatoms. The Kier molecular flexibility index (Phi) is 4.72. The molecule has 1 aromatic carbocycles. The molecule has 0 unspecified atom stereocenters. The van der Waals surface area contributed by atoms with Crippen LogP contribution in [-0.4, -0.2) is 22.2 Å². The molecule has 1 N–H and O–H groups in total. The molecule has 2 rings (SSSR count). The predicted molar refractivity (Wildman–Crippen MR) is 75.6 cm³/mol. The highest BCUT2D eigenvalue weighted by molar-refractivity contribution is 5.75. The lowest BCUT2D eigenvalue weighted by atomic mass is 10.1. The number of carbonyl (C=O) groups is 1.